The summed E-state index contributed by atoms with van der Waals surface area (Å²) in [6.45, 7) is 4.42. The Morgan fingerprint density at radius 2 is 2.22 bits per heavy atom. The minimum Gasteiger partial charge on any atom is -0.336 e. The number of nitrogens with two attached hydrogens (primary N) is 1. The zero-order chi connectivity index (χ0) is 13.5. The Balaban J connectivity index is 2.47. The quantitative estimate of drug-likeness (QED) is 0.754. The fraction of sp³-hybridized carbons (Fsp3) is 0.385. The van der Waals surface area contributed by atoms with Gasteiger partial charge in [-0.05, 0) is 24.1 Å². The van der Waals surface area contributed by atoms with Gasteiger partial charge in [0.15, 0.2) is 0 Å². The Morgan fingerprint density at radius 1 is 1.50 bits per heavy atom. The van der Waals surface area contributed by atoms with Gasteiger partial charge in [0, 0.05) is 18.3 Å². The normalized spacial score (nSPS) is 11.7. The molecule has 0 fully saturated rings. The van der Waals surface area contributed by atoms with Gasteiger partial charge in [-0.25, -0.2) is 4.79 Å². The van der Waals surface area contributed by atoms with Crippen LogP contribution in [0.15, 0.2) is 24.3 Å². The van der Waals surface area contributed by atoms with Crippen molar-refractivity contribution in [2.75, 3.05) is 11.9 Å². The molecule has 1 rings (SSSR count). The van der Waals surface area contributed by atoms with Crippen LogP contribution >= 0.6 is 0 Å². The van der Waals surface area contributed by atoms with Crippen molar-refractivity contribution in [3.8, 4) is 6.07 Å². The van der Waals surface area contributed by atoms with Gasteiger partial charge < -0.3 is 16.4 Å². The number of carbonyl (C=O) groups is 1. The van der Waals surface area contributed by atoms with E-state index in [1.54, 1.807) is 24.3 Å². The Kier molecular flexibility index (Phi) is 5.15. The van der Waals surface area contributed by atoms with Crippen LogP contribution in [0, 0.1) is 17.2 Å². The van der Waals surface area contributed by atoms with Crippen LogP contribution in [-0.4, -0.2) is 18.6 Å². The van der Waals surface area contributed by atoms with E-state index in [4.69, 9.17) is 11.0 Å². The van der Waals surface area contributed by atoms with Gasteiger partial charge in [0.1, 0.15) is 0 Å². The first kappa shape index (κ1) is 14.0. The monoisotopic (exact) mass is 246 g/mol. The predicted octanol–water partition coefficient (Wildman–Crippen LogP) is 1.66. The lowest BCUT2D eigenvalue weighted by molar-refractivity contribution is 0.250. The first-order valence-corrected chi connectivity index (χ1v) is 5.83. The highest BCUT2D eigenvalue weighted by Gasteiger charge is 2.09. The topological polar surface area (TPSA) is 90.9 Å². The number of hydrogen-bond acceptors (Lipinski definition) is 3. The van der Waals surface area contributed by atoms with Crippen molar-refractivity contribution < 1.29 is 4.79 Å². The first-order chi connectivity index (χ1) is 8.52. The molecule has 1 aromatic carbocycles. The van der Waals surface area contributed by atoms with E-state index in [-0.39, 0.29) is 12.1 Å². The molecule has 0 radical (unpaired) electrons. The van der Waals surface area contributed by atoms with Crippen LogP contribution in [0.5, 0.6) is 0 Å². The highest BCUT2D eigenvalue weighted by molar-refractivity contribution is 5.89. The average molecular weight is 246 g/mol. The van der Waals surface area contributed by atoms with E-state index >= 15 is 0 Å². The summed E-state index contributed by atoms with van der Waals surface area (Å²) < 4.78 is 0. The fourth-order valence-electron chi connectivity index (χ4n) is 1.29. The van der Waals surface area contributed by atoms with Crippen LogP contribution in [-0.2, 0) is 0 Å². The minimum atomic E-state index is -0.318. The van der Waals surface area contributed by atoms with Gasteiger partial charge in [-0.3, -0.25) is 0 Å². The molecule has 4 N–H and O–H groups in total. The second-order valence-corrected chi connectivity index (χ2v) is 4.44. The lowest BCUT2D eigenvalue weighted by Crippen LogP contribution is -2.42. The van der Waals surface area contributed by atoms with Crippen molar-refractivity contribution in [1.29, 1.82) is 5.26 Å². The van der Waals surface area contributed by atoms with Gasteiger partial charge in [-0.2, -0.15) is 5.26 Å². The summed E-state index contributed by atoms with van der Waals surface area (Å²) in [5.74, 6) is 0.312. The molecule has 96 valence electrons. The lowest BCUT2D eigenvalue weighted by Gasteiger charge is -2.16. The second-order valence-electron chi connectivity index (χ2n) is 4.44. The molecule has 1 unspecified atom stereocenters. The fourth-order valence-corrected chi connectivity index (χ4v) is 1.29. The molecule has 1 atom stereocenters. The van der Waals surface area contributed by atoms with Crippen molar-refractivity contribution >= 4 is 11.7 Å². The zero-order valence-electron chi connectivity index (χ0n) is 10.6. The maximum atomic E-state index is 11.6. The molecule has 0 saturated carbocycles. The van der Waals surface area contributed by atoms with Crippen molar-refractivity contribution in [2.45, 2.75) is 19.9 Å². The molecule has 1 aromatic rings. The molecule has 0 aliphatic heterocycles. The summed E-state index contributed by atoms with van der Waals surface area (Å²) in [6, 6.07) is 8.36. The Morgan fingerprint density at radius 3 is 2.83 bits per heavy atom. The number of benzene rings is 1. The number of nitrogens with one attached hydrogen (secondary N) is 2. The zero-order valence-corrected chi connectivity index (χ0v) is 10.6. The molecule has 18 heavy (non-hydrogen) atoms. The Labute approximate surface area is 107 Å². The van der Waals surface area contributed by atoms with Gasteiger partial charge in [0.2, 0.25) is 0 Å². The Bertz CT molecular complexity index is 451. The summed E-state index contributed by atoms with van der Waals surface area (Å²) in [5.41, 5.74) is 6.91. The largest absolute Gasteiger partial charge is 0.336 e. The van der Waals surface area contributed by atoms with E-state index < -0.39 is 0 Å². The summed E-state index contributed by atoms with van der Waals surface area (Å²) in [6.07, 6.45) is 0. The number of urea groups is 1. The molecule has 5 heteroatoms. The van der Waals surface area contributed by atoms with Gasteiger partial charge in [0.25, 0.3) is 0 Å². The number of nitrogens with zero attached hydrogens (tertiary/aromatic N) is 1. The van der Waals surface area contributed by atoms with Crippen molar-refractivity contribution in [3.05, 3.63) is 29.8 Å². The van der Waals surface area contributed by atoms with E-state index in [9.17, 15) is 4.79 Å². The number of anilines is 1. The van der Waals surface area contributed by atoms with E-state index in [0.29, 0.717) is 23.7 Å². The van der Waals surface area contributed by atoms with E-state index in [1.165, 1.54) is 0 Å². The summed E-state index contributed by atoms with van der Waals surface area (Å²) in [7, 11) is 0. The summed E-state index contributed by atoms with van der Waals surface area (Å²) in [4.78, 5) is 11.6. The average Bonchev–Trinajstić information content (AvgIpc) is 2.36. The molecular weight excluding hydrogens is 228 g/mol. The number of rotatable bonds is 4. The molecule has 2 amide bonds. The molecule has 0 heterocycles. The van der Waals surface area contributed by atoms with Crippen molar-refractivity contribution in [1.82, 2.24) is 5.32 Å². The van der Waals surface area contributed by atoms with E-state index in [2.05, 4.69) is 10.6 Å². The van der Waals surface area contributed by atoms with Gasteiger partial charge >= 0.3 is 6.03 Å². The molecule has 0 bridgehead atoms. The molecule has 0 spiro atoms. The van der Waals surface area contributed by atoms with Gasteiger partial charge in [0.05, 0.1) is 11.6 Å². The number of carbonyl (C=O) groups excluding carboxylic acids is 1. The van der Waals surface area contributed by atoms with Crippen LogP contribution in [0.4, 0.5) is 10.5 Å². The number of nitriles is 1. The van der Waals surface area contributed by atoms with Gasteiger partial charge in [-0.15, -0.1) is 0 Å². The van der Waals surface area contributed by atoms with Crippen LogP contribution in [0.3, 0.4) is 0 Å². The summed E-state index contributed by atoms with van der Waals surface area (Å²) in [5, 5.41) is 14.1. The van der Waals surface area contributed by atoms with Crippen LogP contribution in [0.25, 0.3) is 0 Å². The van der Waals surface area contributed by atoms with Crippen LogP contribution in [0.2, 0.25) is 0 Å². The maximum Gasteiger partial charge on any atom is 0.319 e. The van der Waals surface area contributed by atoms with Crippen LogP contribution in [0.1, 0.15) is 19.4 Å². The minimum absolute atomic E-state index is 0.0683. The van der Waals surface area contributed by atoms with Gasteiger partial charge in [-0.1, -0.05) is 19.9 Å². The molecule has 0 aliphatic rings. The molecule has 0 aliphatic carbocycles. The Hall–Kier alpha value is -2.06. The third-order valence-electron chi connectivity index (χ3n) is 2.60. The molecule has 0 aromatic heterocycles. The molecule has 0 saturated heterocycles. The highest BCUT2D eigenvalue weighted by Crippen LogP contribution is 2.09. The van der Waals surface area contributed by atoms with Crippen LogP contribution < -0.4 is 16.4 Å². The third-order valence-corrected chi connectivity index (χ3v) is 2.60. The lowest BCUT2D eigenvalue weighted by atomic mass is 10.1. The van der Waals surface area contributed by atoms with Crippen molar-refractivity contribution in [2.24, 2.45) is 11.7 Å². The predicted molar refractivity (Wildman–Crippen MR) is 71.0 cm³/mol. The first-order valence-electron chi connectivity index (χ1n) is 5.83. The van der Waals surface area contributed by atoms with E-state index in [0.717, 1.165) is 0 Å². The second kappa shape index (κ2) is 6.62. The third kappa shape index (κ3) is 4.44. The van der Waals surface area contributed by atoms with Crippen molar-refractivity contribution in [3.63, 3.8) is 0 Å². The standard InChI is InChI=1S/C13H18N4O/c1-9(2)12(15)8-16-13(18)17-11-5-3-4-10(6-11)7-14/h3-6,9,12H,8,15H2,1-2H3,(H2,16,17,18). The SMILES string of the molecule is CC(C)C(N)CNC(=O)Nc1cccc(C#N)c1. The highest BCUT2D eigenvalue weighted by atomic mass is 16.2. The molecular formula is C13H18N4O. The smallest absolute Gasteiger partial charge is 0.319 e. The van der Waals surface area contributed by atoms with E-state index in [1.807, 2.05) is 19.9 Å². The summed E-state index contributed by atoms with van der Waals surface area (Å²) >= 11 is 0. The maximum absolute atomic E-state index is 11.6. The number of amides is 2. The number of hydrogen-bond donors (Lipinski definition) is 3. The molecule has 5 nitrogen and oxygen atoms in total.